The zero-order valence-corrected chi connectivity index (χ0v) is 23.0. The van der Waals surface area contributed by atoms with Gasteiger partial charge in [0.25, 0.3) is 5.91 Å². The number of hydrogen-bond acceptors (Lipinski definition) is 7. The molecule has 0 bridgehead atoms. The van der Waals surface area contributed by atoms with Gasteiger partial charge in [-0.2, -0.15) is 0 Å². The fourth-order valence-electron chi connectivity index (χ4n) is 7.75. The third-order valence-corrected chi connectivity index (χ3v) is 9.63. The van der Waals surface area contributed by atoms with Crippen molar-refractivity contribution in [3.8, 4) is 0 Å². The molecule has 0 aromatic carbocycles. The van der Waals surface area contributed by atoms with Crippen molar-refractivity contribution in [2.75, 3.05) is 20.2 Å². The average molecular weight is 557 g/mol. The molecule has 0 unspecified atom stereocenters. The fourth-order valence-corrected chi connectivity index (χ4v) is 7.75. The number of amides is 2. The Labute approximate surface area is 234 Å². The number of H-pyrrole nitrogens is 2. The van der Waals surface area contributed by atoms with E-state index in [2.05, 4.69) is 9.97 Å². The number of fused-ring (bicyclic) bond motifs is 2. The van der Waals surface area contributed by atoms with E-state index in [1.165, 1.54) is 19.3 Å². The van der Waals surface area contributed by atoms with E-state index >= 15 is 0 Å². The summed E-state index contributed by atoms with van der Waals surface area (Å²) in [4.78, 5) is 74.5. The molecule has 4 heterocycles. The van der Waals surface area contributed by atoms with Crippen LogP contribution < -0.4 is 0 Å². The Morgan fingerprint density at radius 3 is 1.93 bits per heavy atom. The van der Waals surface area contributed by atoms with Crippen LogP contribution in [0.3, 0.4) is 0 Å². The van der Waals surface area contributed by atoms with Gasteiger partial charge in [0.05, 0.1) is 18.5 Å². The number of esters is 1. The number of methoxy groups -OCH3 is 1. The molecule has 0 radical (unpaired) electrons. The lowest BCUT2D eigenvalue weighted by Gasteiger charge is -2.30. The highest BCUT2D eigenvalue weighted by atomic mass is 16.6. The number of ketones is 2. The molecular weight excluding hydrogens is 528 g/mol. The lowest BCUT2D eigenvalue weighted by atomic mass is 9.85. The Kier molecular flexibility index (Phi) is 4.32. The number of hydrogen-bond donors (Lipinski definition) is 2. The first-order valence-electron chi connectivity index (χ1n) is 13.8. The summed E-state index contributed by atoms with van der Waals surface area (Å²) < 4.78 is 10.4. The molecule has 8 rings (SSSR count). The molecule has 41 heavy (non-hydrogen) atoms. The van der Waals surface area contributed by atoms with Crippen molar-refractivity contribution in [3.63, 3.8) is 0 Å². The van der Waals surface area contributed by atoms with Crippen LogP contribution in [-0.4, -0.2) is 75.1 Å². The Hall–Kier alpha value is -4.41. The highest BCUT2D eigenvalue weighted by Crippen LogP contribution is 2.68. The number of allylic oxidation sites excluding steroid dienone is 4. The average Bonchev–Trinajstić information content (AvgIpc) is 3.45. The number of likely N-dealkylation sites (tertiary alicyclic amines) is 2. The highest BCUT2D eigenvalue weighted by Gasteiger charge is 2.69. The van der Waals surface area contributed by atoms with Crippen molar-refractivity contribution < 1.29 is 33.4 Å². The summed E-state index contributed by atoms with van der Waals surface area (Å²) in [6.45, 7) is 6.29. The molecule has 2 aromatic rings. The Balaban J connectivity index is 1.11. The largest absolute Gasteiger partial charge is 0.464 e. The van der Waals surface area contributed by atoms with Gasteiger partial charge in [0, 0.05) is 47.5 Å². The van der Waals surface area contributed by atoms with Gasteiger partial charge in [0.1, 0.15) is 17.0 Å². The first-order chi connectivity index (χ1) is 19.4. The van der Waals surface area contributed by atoms with Crippen LogP contribution in [0.5, 0.6) is 0 Å². The number of ether oxygens (including phenoxy) is 2. The number of aromatic amines is 2. The molecule has 6 aliphatic rings. The molecule has 2 amide bonds. The smallest absolute Gasteiger partial charge is 0.414 e. The van der Waals surface area contributed by atoms with E-state index in [-0.39, 0.29) is 40.7 Å². The number of nitrogens with one attached hydrogen (secondary N) is 2. The van der Waals surface area contributed by atoms with Crippen molar-refractivity contribution in [1.82, 2.24) is 19.8 Å². The van der Waals surface area contributed by atoms with E-state index in [1.807, 2.05) is 0 Å². The van der Waals surface area contributed by atoms with E-state index in [4.69, 9.17) is 9.47 Å². The molecule has 11 nitrogen and oxygen atoms in total. The lowest BCUT2D eigenvalue weighted by Crippen LogP contribution is -2.37. The standard InChI is InChI=1S/C30H28N4O7/c1-28(2,3)41-27(39)34-12-14-10-30(14)15-5-17(31-23(15)20(36)8-22(30)34)25(37)33-11-13-9-29(13)16-6-18(26(38)40-4)32-24(16)19(35)7-21(29)33/h5-8,13-14,31-32H,9-12H2,1-4H3/t13-,14-,29-,30-/m1/s1. The van der Waals surface area contributed by atoms with Gasteiger partial charge in [-0.3, -0.25) is 19.3 Å². The van der Waals surface area contributed by atoms with Crippen LogP contribution in [0.4, 0.5) is 4.79 Å². The topological polar surface area (TPSA) is 142 Å². The van der Waals surface area contributed by atoms with Gasteiger partial charge < -0.3 is 24.3 Å². The van der Waals surface area contributed by atoms with Crippen LogP contribution in [0.2, 0.25) is 0 Å². The lowest BCUT2D eigenvalue weighted by molar-refractivity contribution is 0.0321. The molecule has 11 heteroatoms. The number of piperidine rings is 2. The third-order valence-electron chi connectivity index (χ3n) is 9.63. The van der Waals surface area contributed by atoms with Crippen LogP contribution in [0.1, 0.15) is 86.7 Å². The van der Waals surface area contributed by atoms with Crippen molar-refractivity contribution in [2.45, 2.75) is 50.0 Å². The number of nitrogens with zero attached hydrogens (tertiary/aromatic N) is 2. The highest BCUT2D eigenvalue weighted by molar-refractivity contribution is 6.11. The fraction of sp³-hybridized carbons (Fsp3) is 0.433. The molecule has 210 valence electrons. The van der Waals surface area contributed by atoms with Crippen molar-refractivity contribution >= 4 is 29.5 Å². The summed E-state index contributed by atoms with van der Waals surface area (Å²) in [5.41, 5.74) is 2.27. The minimum absolute atomic E-state index is 0.119. The van der Waals surface area contributed by atoms with Crippen LogP contribution >= 0.6 is 0 Å². The number of carbonyl (C=O) groups excluding carboxylic acids is 5. The van der Waals surface area contributed by atoms with E-state index < -0.39 is 28.5 Å². The Bertz CT molecular complexity index is 1730. The number of rotatable bonds is 2. The predicted molar refractivity (Wildman–Crippen MR) is 141 cm³/mol. The molecule has 4 aliphatic carbocycles. The molecule has 2 N–H and O–H groups in total. The van der Waals surface area contributed by atoms with Gasteiger partial charge >= 0.3 is 12.1 Å². The maximum Gasteiger partial charge on any atom is 0.414 e. The molecule has 2 spiro atoms. The summed E-state index contributed by atoms with van der Waals surface area (Å²) in [5, 5.41) is 0. The predicted octanol–water partition coefficient (Wildman–Crippen LogP) is 3.21. The van der Waals surface area contributed by atoms with Gasteiger partial charge in [-0.15, -0.1) is 0 Å². The summed E-state index contributed by atoms with van der Waals surface area (Å²) >= 11 is 0. The zero-order chi connectivity index (χ0) is 28.8. The maximum absolute atomic E-state index is 14.0. The minimum Gasteiger partial charge on any atom is -0.464 e. The van der Waals surface area contributed by atoms with E-state index in [0.717, 1.165) is 24.0 Å². The van der Waals surface area contributed by atoms with Crippen LogP contribution in [0, 0.1) is 11.8 Å². The normalized spacial score (nSPS) is 29.9. The summed E-state index contributed by atoms with van der Waals surface area (Å²) in [7, 11) is 1.28. The quantitative estimate of drug-likeness (QED) is 0.541. The van der Waals surface area contributed by atoms with Crippen LogP contribution in [0.25, 0.3) is 0 Å². The van der Waals surface area contributed by atoms with Crippen molar-refractivity contribution in [2.24, 2.45) is 11.8 Å². The molecular formula is C30H28N4O7. The monoisotopic (exact) mass is 556 g/mol. The summed E-state index contributed by atoms with van der Waals surface area (Å²) in [6, 6.07) is 3.42. The van der Waals surface area contributed by atoms with Gasteiger partial charge in [0.15, 0.2) is 0 Å². The summed E-state index contributed by atoms with van der Waals surface area (Å²) in [6.07, 6.45) is 4.08. The maximum atomic E-state index is 14.0. The van der Waals surface area contributed by atoms with Crippen molar-refractivity contribution in [3.05, 3.63) is 69.6 Å². The number of aromatic nitrogens is 2. The van der Waals surface area contributed by atoms with E-state index in [9.17, 15) is 24.0 Å². The second kappa shape index (κ2) is 7.26. The van der Waals surface area contributed by atoms with Gasteiger partial charge in [-0.1, -0.05) is 0 Å². The van der Waals surface area contributed by atoms with Gasteiger partial charge in [-0.25, -0.2) is 9.59 Å². The van der Waals surface area contributed by atoms with Crippen LogP contribution in [0.15, 0.2) is 35.7 Å². The molecule has 4 fully saturated rings. The molecule has 2 saturated heterocycles. The third kappa shape index (κ3) is 2.95. The molecule has 4 atom stereocenters. The van der Waals surface area contributed by atoms with Gasteiger partial charge in [0.2, 0.25) is 11.6 Å². The zero-order valence-electron chi connectivity index (χ0n) is 23.0. The second-order valence-corrected chi connectivity index (χ2v) is 13.0. The SMILES string of the molecule is COC(=O)c1cc2c([nH]1)C(=O)C=C1N(C(=O)c3cc4c([nH]3)C(=O)C=C3N(C(=O)OC(C)(C)C)C[C@H]5C[C@]345)C[C@H]3C[C@]123. The molecule has 2 aromatic heterocycles. The van der Waals surface area contributed by atoms with Crippen molar-refractivity contribution in [1.29, 1.82) is 0 Å². The molecule has 2 aliphatic heterocycles. The van der Waals surface area contributed by atoms with E-state index in [1.54, 1.807) is 42.7 Å². The number of carbonyl (C=O) groups is 5. The first kappa shape index (κ1) is 24.4. The summed E-state index contributed by atoms with van der Waals surface area (Å²) in [5.74, 6) is -1.21. The minimum atomic E-state index is -0.667. The van der Waals surface area contributed by atoms with E-state index in [0.29, 0.717) is 35.9 Å². The first-order valence-corrected chi connectivity index (χ1v) is 13.8. The molecule has 2 saturated carbocycles. The Morgan fingerprint density at radius 2 is 1.37 bits per heavy atom. The Morgan fingerprint density at radius 1 is 0.854 bits per heavy atom. The van der Waals surface area contributed by atoms with Crippen LogP contribution in [-0.2, 0) is 20.3 Å². The van der Waals surface area contributed by atoms with Gasteiger partial charge in [-0.05, 0) is 68.7 Å². The second-order valence-electron chi connectivity index (χ2n) is 13.0.